The number of nitrogens with one attached hydrogen (secondary N) is 3. The lowest BCUT2D eigenvalue weighted by molar-refractivity contribution is 0.0963. The van der Waals surface area contributed by atoms with Gasteiger partial charge in [-0.2, -0.15) is 0 Å². The van der Waals surface area contributed by atoms with E-state index in [-0.39, 0.29) is 29.9 Å². The molecule has 1 amide bonds. The van der Waals surface area contributed by atoms with Crippen molar-refractivity contribution in [2.24, 2.45) is 4.99 Å². The van der Waals surface area contributed by atoms with E-state index in [1.807, 2.05) is 36.4 Å². The van der Waals surface area contributed by atoms with Crippen LogP contribution in [0.15, 0.2) is 52.1 Å². The lowest BCUT2D eigenvalue weighted by atomic mass is 10.1. The summed E-state index contributed by atoms with van der Waals surface area (Å²) in [6, 6.07) is 11.5. The minimum Gasteiger partial charge on any atom is -0.469 e. The summed E-state index contributed by atoms with van der Waals surface area (Å²) < 4.78 is 5.29. The van der Waals surface area contributed by atoms with Crippen molar-refractivity contribution < 1.29 is 9.21 Å². The molecular formula is C18H25IN4O2. The first-order valence-corrected chi connectivity index (χ1v) is 8.01. The maximum absolute atomic E-state index is 11.6. The summed E-state index contributed by atoms with van der Waals surface area (Å²) in [7, 11) is 3.38. The Balaban J connectivity index is 0.00000312. The molecule has 1 aromatic carbocycles. The highest BCUT2D eigenvalue weighted by molar-refractivity contribution is 14.0. The van der Waals surface area contributed by atoms with Gasteiger partial charge in [-0.15, -0.1) is 24.0 Å². The molecule has 136 valence electrons. The largest absolute Gasteiger partial charge is 0.469 e. The number of carbonyl (C=O) groups excluding carboxylic acids is 1. The zero-order chi connectivity index (χ0) is 17.2. The average molecular weight is 456 g/mol. The molecule has 0 aliphatic carbocycles. The molecule has 0 bridgehead atoms. The molecule has 25 heavy (non-hydrogen) atoms. The maximum atomic E-state index is 11.6. The van der Waals surface area contributed by atoms with E-state index in [0.29, 0.717) is 5.56 Å². The van der Waals surface area contributed by atoms with Crippen LogP contribution in [-0.2, 0) is 12.8 Å². The SMILES string of the molecule is CN=C(NCCc1cccc(C(=O)NC)c1)NCCc1ccco1.I. The molecule has 7 heteroatoms. The normalized spacial score (nSPS) is 10.7. The maximum Gasteiger partial charge on any atom is 0.251 e. The summed E-state index contributed by atoms with van der Waals surface area (Å²) in [5.41, 5.74) is 1.78. The van der Waals surface area contributed by atoms with E-state index >= 15 is 0 Å². The first-order valence-electron chi connectivity index (χ1n) is 8.01. The summed E-state index contributed by atoms with van der Waals surface area (Å²) in [5.74, 6) is 1.63. The number of furan rings is 1. The molecule has 0 saturated carbocycles. The van der Waals surface area contributed by atoms with Crippen LogP contribution in [0.2, 0.25) is 0 Å². The van der Waals surface area contributed by atoms with E-state index in [1.54, 1.807) is 20.4 Å². The molecular weight excluding hydrogens is 431 g/mol. The number of amides is 1. The van der Waals surface area contributed by atoms with E-state index in [0.717, 1.165) is 43.2 Å². The van der Waals surface area contributed by atoms with Crippen LogP contribution in [0.1, 0.15) is 21.7 Å². The molecule has 2 rings (SSSR count). The van der Waals surface area contributed by atoms with E-state index in [4.69, 9.17) is 4.42 Å². The van der Waals surface area contributed by atoms with Gasteiger partial charge < -0.3 is 20.4 Å². The van der Waals surface area contributed by atoms with Gasteiger partial charge in [0.05, 0.1) is 6.26 Å². The van der Waals surface area contributed by atoms with Crippen molar-refractivity contribution in [3.63, 3.8) is 0 Å². The van der Waals surface area contributed by atoms with Crippen LogP contribution in [-0.4, -0.2) is 39.1 Å². The summed E-state index contributed by atoms with van der Waals surface area (Å²) in [5, 5.41) is 9.15. The number of nitrogens with zero attached hydrogens (tertiary/aromatic N) is 1. The zero-order valence-corrected chi connectivity index (χ0v) is 16.9. The van der Waals surface area contributed by atoms with Gasteiger partial charge in [0.15, 0.2) is 5.96 Å². The lowest BCUT2D eigenvalue weighted by Gasteiger charge is -2.11. The van der Waals surface area contributed by atoms with Crippen molar-refractivity contribution >= 4 is 35.8 Å². The van der Waals surface area contributed by atoms with Crippen molar-refractivity contribution in [1.82, 2.24) is 16.0 Å². The molecule has 2 aromatic rings. The number of hydrogen-bond acceptors (Lipinski definition) is 3. The van der Waals surface area contributed by atoms with E-state index in [9.17, 15) is 4.79 Å². The molecule has 0 unspecified atom stereocenters. The highest BCUT2D eigenvalue weighted by Gasteiger charge is 2.04. The number of benzene rings is 1. The first kappa shape index (κ1) is 21.0. The van der Waals surface area contributed by atoms with Crippen LogP contribution in [0.25, 0.3) is 0 Å². The topological polar surface area (TPSA) is 78.7 Å². The fraction of sp³-hybridized carbons (Fsp3) is 0.333. The van der Waals surface area contributed by atoms with Gasteiger partial charge in [-0.3, -0.25) is 9.79 Å². The molecule has 0 aliphatic rings. The molecule has 0 fully saturated rings. The predicted octanol–water partition coefficient (Wildman–Crippen LogP) is 2.21. The molecule has 0 aliphatic heterocycles. The van der Waals surface area contributed by atoms with E-state index in [2.05, 4.69) is 20.9 Å². The van der Waals surface area contributed by atoms with Gasteiger partial charge in [-0.25, -0.2) is 0 Å². The second-order valence-electron chi connectivity index (χ2n) is 5.28. The Kier molecular flexibility index (Phi) is 9.68. The van der Waals surface area contributed by atoms with Gasteiger partial charge in [0.1, 0.15) is 5.76 Å². The van der Waals surface area contributed by atoms with E-state index in [1.165, 1.54) is 0 Å². The Hall–Kier alpha value is -2.03. The molecule has 3 N–H and O–H groups in total. The molecule has 0 radical (unpaired) electrons. The monoisotopic (exact) mass is 456 g/mol. The molecule has 0 atom stereocenters. The minimum atomic E-state index is -0.0692. The van der Waals surface area contributed by atoms with Gasteiger partial charge in [0, 0.05) is 39.2 Å². The molecule has 1 heterocycles. The van der Waals surface area contributed by atoms with Crippen LogP contribution in [0.3, 0.4) is 0 Å². The highest BCUT2D eigenvalue weighted by atomic mass is 127. The second kappa shape index (κ2) is 11.5. The number of hydrogen-bond donors (Lipinski definition) is 3. The Labute approximate surface area is 165 Å². The Bertz CT molecular complexity index is 671. The van der Waals surface area contributed by atoms with Gasteiger partial charge in [-0.1, -0.05) is 12.1 Å². The van der Waals surface area contributed by atoms with Crippen molar-refractivity contribution in [3.8, 4) is 0 Å². The van der Waals surface area contributed by atoms with Crippen LogP contribution in [0.5, 0.6) is 0 Å². The Morgan fingerprint density at radius 2 is 1.88 bits per heavy atom. The van der Waals surface area contributed by atoms with E-state index < -0.39 is 0 Å². The molecule has 0 spiro atoms. The van der Waals surface area contributed by atoms with Gasteiger partial charge in [-0.05, 0) is 36.2 Å². The molecule has 1 aromatic heterocycles. The average Bonchev–Trinajstić information content (AvgIpc) is 3.13. The lowest BCUT2D eigenvalue weighted by Crippen LogP contribution is -2.39. The summed E-state index contributed by atoms with van der Waals surface area (Å²) in [6.07, 6.45) is 3.29. The van der Waals surface area contributed by atoms with Crippen molar-refractivity contribution in [2.75, 3.05) is 27.2 Å². The standard InChI is InChI=1S/C18H24N4O2.HI/c1-19-17(23)15-6-3-5-14(13-15)8-10-21-18(20-2)22-11-9-16-7-4-12-24-16;/h3-7,12-13H,8-11H2,1-2H3,(H,19,23)(H2,20,21,22);1H. The van der Waals surface area contributed by atoms with Gasteiger partial charge >= 0.3 is 0 Å². The van der Waals surface area contributed by atoms with Crippen molar-refractivity contribution in [3.05, 3.63) is 59.5 Å². The third-order valence-corrected chi connectivity index (χ3v) is 3.59. The van der Waals surface area contributed by atoms with Crippen molar-refractivity contribution in [2.45, 2.75) is 12.8 Å². The zero-order valence-electron chi connectivity index (χ0n) is 14.5. The Morgan fingerprint density at radius 1 is 1.12 bits per heavy atom. The smallest absolute Gasteiger partial charge is 0.251 e. The second-order valence-corrected chi connectivity index (χ2v) is 5.28. The fourth-order valence-corrected chi connectivity index (χ4v) is 2.32. The summed E-state index contributed by atoms with van der Waals surface area (Å²) in [6.45, 7) is 1.48. The fourth-order valence-electron chi connectivity index (χ4n) is 2.32. The Morgan fingerprint density at radius 3 is 2.52 bits per heavy atom. The van der Waals surface area contributed by atoms with Crippen LogP contribution >= 0.6 is 24.0 Å². The third-order valence-electron chi connectivity index (χ3n) is 3.59. The molecule has 0 saturated heterocycles. The molecule has 6 nitrogen and oxygen atoms in total. The number of guanidine groups is 1. The summed E-state index contributed by atoms with van der Waals surface area (Å²) >= 11 is 0. The predicted molar refractivity (Wildman–Crippen MR) is 111 cm³/mol. The minimum absolute atomic E-state index is 0. The summed E-state index contributed by atoms with van der Waals surface area (Å²) in [4.78, 5) is 15.8. The number of halogens is 1. The van der Waals surface area contributed by atoms with Crippen LogP contribution in [0.4, 0.5) is 0 Å². The number of aliphatic imine (C=N–C) groups is 1. The number of carbonyl (C=O) groups is 1. The van der Waals surface area contributed by atoms with Gasteiger partial charge in [0.2, 0.25) is 0 Å². The van der Waals surface area contributed by atoms with Gasteiger partial charge in [0.25, 0.3) is 5.91 Å². The third kappa shape index (κ3) is 7.16. The van der Waals surface area contributed by atoms with Crippen LogP contribution < -0.4 is 16.0 Å². The first-order chi connectivity index (χ1) is 11.7. The van der Waals surface area contributed by atoms with Crippen LogP contribution in [0, 0.1) is 0 Å². The quantitative estimate of drug-likeness (QED) is 0.339. The highest BCUT2D eigenvalue weighted by Crippen LogP contribution is 2.05. The van der Waals surface area contributed by atoms with Crippen molar-refractivity contribution in [1.29, 1.82) is 0 Å². The number of rotatable bonds is 7.